The molecule has 0 amide bonds. The van der Waals surface area contributed by atoms with Gasteiger partial charge in [0, 0.05) is 12.2 Å². The fourth-order valence-electron chi connectivity index (χ4n) is 2.72. The molecule has 100 valence electrons. The number of anilines is 1. The van der Waals surface area contributed by atoms with E-state index in [1.54, 1.807) is 6.07 Å². The number of aryl methyl sites for hydroxylation is 1. The maximum atomic E-state index is 13.5. The molecule has 0 heterocycles. The minimum Gasteiger partial charge on any atom is -0.385 e. The molecule has 0 saturated heterocycles. The first kappa shape index (κ1) is 13.9. The van der Waals surface area contributed by atoms with Crippen LogP contribution in [0.25, 0.3) is 0 Å². The quantitative estimate of drug-likeness (QED) is 0.797. The van der Waals surface area contributed by atoms with Gasteiger partial charge < -0.3 is 5.32 Å². The zero-order chi connectivity index (χ0) is 13.0. The van der Waals surface area contributed by atoms with Crippen LogP contribution in [0, 0.1) is 18.7 Å². The molecule has 18 heavy (non-hydrogen) atoms. The molecule has 0 aliphatic heterocycles. The first-order valence-corrected chi connectivity index (χ1v) is 7.65. The molecule has 1 nitrogen and oxygen atoms in total. The van der Waals surface area contributed by atoms with E-state index in [1.165, 1.54) is 38.5 Å². The van der Waals surface area contributed by atoms with Crippen molar-refractivity contribution in [2.45, 2.75) is 45.4 Å². The topological polar surface area (TPSA) is 12.0 Å². The molecule has 0 unspecified atom stereocenters. The van der Waals surface area contributed by atoms with Crippen molar-refractivity contribution < 1.29 is 4.39 Å². The van der Waals surface area contributed by atoms with Gasteiger partial charge in [0.05, 0.1) is 4.47 Å². The zero-order valence-corrected chi connectivity index (χ0v) is 12.5. The molecular weight excluding hydrogens is 293 g/mol. The lowest BCUT2D eigenvalue weighted by atomic mass is 9.87. The third kappa shape index (κ3) is 3.71. The van der Waals surface area contributed by atoms with E-state index in [9.17, 15) is 4.39 Å². The van der Waals surface area contributed by atoms with Gasteiger partial charge in [0.15, 0.2) is 0 Å². The molecule has 2 rings (SSSR count). The molecule has 1 aliphatic carbocycles. The maximum absolute atomic E-state index is 13.5. The van der Waals surface area contributed by atoms with Crippen molar-refractivity contribution in [1.82, 2.24) is 0 Å². The van der Waals surface area contributed by atoms with Gasteiger partial charge in [-0.05, 0) is 52.9 Å². The number of benzene rings is 1. The number of hydrogen-bond donors (Lipinski definition) is 1. The Kier molecular flexibility index (Phi) is 5.04. The lowest BCUT2D eigenvalue weighted by molar-refractivity contribution is 0.345. The van der Waals surface area contributed by atoms with Crippen molar-refractivity contribution in [3.05, 3.63) is 28.0 Å². The first-order valence-electron chi connectivity index (χ1n) is 6.86. The van der Waals surface area contributed by atoms with Gasteiger partial charge in [-0.15, -0.1) is 0 Å². The molecule has 1 saturated carbocycles. The van der Waals surface area contributed by atoms with Gasteiger partial charge in [0.1, 0.15) is 5.82 Å². The summed E-state index contributed by atoms with van der Waals surface area (Å²) in [5, 5.41) is 3.37. The zero-order valence-electron chi connectivity index (χ0n) is 10.9. The highest BCUT2D eigenvalue weighted by atomic mass is 79.9. The van der Waals surface area contributed by atoms with Gasteiger partial charge in [0.25, 0.3) is 0 Å². The van der Waals surface area contributed by atoms with E-state index in [0.717, 1.165) is 23.7 Å². The number of hydrogen-bond acceptors (Lipinski definition) is 1. The monoisotopic (exact) mass is 313 g/mol. The van der Waals surface area contributed by atoms with Gasteiger partial charge in [0.2, 0.25) is 0 Å². The molecule has 1 aliphatic rings. The molecule has 0 atom stereocenters. The van der Waals surface area contributed by atoms with E-state index in [2.05, 4.69) is 21.2 Å². The standard InChI is InChI=1S/C15H21BrFN/c1-11-9-13(16)14(17)10-15(11)18-8-7-12-5-3-2-4-6-12/h9-10,12,18H,2-8H2,1H3. The van der Waals surface area contributed by atoms with Crippen molar-refractivity contribution in [3.63, 3.8) is 0 Å². The predicted octanol–water partition coefficient (Wildman–Crippen LogP) is 5.28. The van der Waals surface area contributed by atoms with Crippen LogP contribution in [-0.4, -0.2) is 6.54 Å². The van der Waals surface area contributed by atoms with Crippen LogP contribution < -0.4 is 5.32 Å². The Hall–Kier alpha value is -0.570. The lowest BCUT2D eigenvalue weighted by Gasteiger charge is -2.22. The fourth-order valence-corrected chi connectivity index (χ4v) is 3.18. The van der Waals surface area contributed by atoms with Crippen molar-refractivity contribution in [1.29, 1.82) is 0 Å². The highest BCUT2D eigenvalue weighted by molar-refractivity contribution is 9.10. The van der Waals surface area contributed by atoms with Crippen LogP contribution in [0.3, 0.4) is 0 Å². The van der Waals surface area contributed by atoms with E-state index in [1.807, 2.05) is 13.0 Å². The van der Waals surface area contributed by atoms with Crippen molar-refractivity contribution in [2.75, 3.05) is 11.9 Å². The van der Waals surface area contributed by atoms with Gasteiger partial charge in [-0.2, -0.15) is 0 Å². The number of halogens is 2. The van der Waals surface area contributed by atoms with Gasteiger partial charge in [-0.25, -0.2) is 4.39 Å². The summed E-state index contributed by atoms with van der Waals surface area (Å²) in [6, 6.07) is 3.42. The van der Waals surface area contributed by atoms with Gasteiger partial charge in [-0.3, -0.25) is 0 Å². The van der Waals surface area contributed by atoms with Crippen molar-refractivity contribution in [3.8, 4) is 0 Å². The minimum atomic E-state index is -0.194. The normalized spacial score (nSPS) is 16.8. The second-order valence-corrected chi connectivity index (χ2v) is 6.16. The summed E-state index contributed by atoms with van der Waals surface area (Å²) in [5.74, 6) is 0.674. The minimum absolute atomic E-state index is 0.194. The van der Waals surface area contributed by atoms with Crippen molar-refractivity contribution in [2.24, 2.45) is 5.92 Å². The first-order chi connectivity index (χ1) is 8.66. The summed E-state index contributed by atoms with van der Waals surface area (Å²) in [7, 11) is 0. The Morgan fingerprint density at radius 1 is 1.28 bits per heavy atom. The van der Waals surface area contributed by atoms with Gasteiger partial charge in [-0.1, -0.05) is 32.1 Å². The predicted molar refractivity (Wildman–Crippen MR) is 78.5 cm³/mol. The third-order valence-corrected chi connectivity index (χ3v) is 4.47. The summed E-state index contributed by atoms with van der Waals surface area (Å²) >= 11 is 3.21. The Morgan fingerprint density at radius 2 is 2.00 bits per heavy atom. The molecule has 0 bridgehead atoms. The Balaban J connectivity index is 1.84. The molecule has 1 N–H and O–H groups in total. The van der Waals surface area contributed by atoms with Gasteiger partial charge >= 0.3 is 0 Å². The van der Waals surface area contributed by atoms with Crippen LogP contribution in [0.15, 0.2) is 16.6 Å². The summed E-state index contributed by atoms with van der Waals surface area (Å²) in [4.78, 5) is 0. The van der Waals surface area contributed by atoms with E-state index < -0.39 is 0 Å². The molecular formula is C15H21BrFN. The summed E-state index contributed by atoms with van der Waals surface area (Å²) < 4.78 is 14.0. The summed E-state index contributed by atoms with van der Waals surface area (Å²) in [6.07, 6.45) is 8.12. The molecule has 0 radical (unpaired) electrons. The van der Waals surface area contributed by atoms with E-state index in [4.69, 9.17) is 0 Å². The molecule has 1 aromatic carbocycles. The van der Waals surface area contributed by atoms with Crippen LogP contribution in [0.5, 0.6) is 0 Å². The van der Waals surface area contributed by atoms with Crippen LogP contribution >= 0.6 is 15.9 Å². The second kappa shape index (κ2) is 6.55. The molecule has 3 heteroatoms. The number of rotatable bonds is 4. The summed E-state index contributed by atoms with van der Waals surface area (Å²) in [5.41, 5.74) is 2.01. The summed E-state index contributed by atoms with van der Waals surface area (Å²) in [6.45, 7) is 2.96. The van der Waals surface area contributed by atoms with Crippen molar-refractivity contribution >= 4 is 21.6 Å². The Labute approximate surface area is 117 Å². The lowest BCUT2D eigenvalue weighted by Crippen LogP contribution is -2.12. The smallest absolute Gasteiger partial charge is 0.139 e. The highest BCUT2D eigenvalue weighted by Gasteiger charge is 2.13. The van der Waals surface area contributed by atoms with Crippen LogP contribution in [0.4, 0.5) is 10.1 Å². The van der Waals surface area contributed by atoms with E-state index >= 15 is 0 Å². The van der Waals surface area contributed by atoms with Crippen LogP contribution in [0.2, 0.25) is 0 Å². The largest absolute Gasteiger partial charge is 0.385 e. The van der Waals surface area contributed by atoms with E-state index in [0.29, 0.717) is 4.47 Å². The molecule has 0 aromatic heterocycles. The Bertz CT molecular complexity index is 400. The fraction of sp³-hybridized carbons (Fsp3) is 0.600. The van der Waals surface area contributed by atoms with Crippen LogP contribution in [-0.2, 0) is 0 Å². The van der Waals surface area contributed by atoms with Crippen LogP contribution in [0.1, 0.15) is 44.1 Å². The molecule has 1 fully saturated rings. The average molecular weight is 314 g/mol. The molecule has 1 aromatic rings. The van der Waals surface area contributed by atoms with E-state index in [-0.39, 0.29) is 5.82 Å². The maximum Gasteiger partial charge on any atom is 0.139 e. The SMILES string of the molecule is Cc1cc(Br)c(F)cc1NCCC1CCCCC1. The third-order valence-electron chi connectivity index (χ3n) is 3.86. The Morgan fingerprint density at radius 3 is 2.72 bits per heavy atom. The highest BCUT2D eigenvalue weighted by Crippen LogP contribution is 2.27. The molecule has 0 spiro atoms. The average Bonchev–Trinajstić information content (AvgIpc) is 2.37. The number of nitrogens with one attached hydrogen (secondary N) is 1. The second-order valence-electron chi connectivity index (χ2n) is 5.30.